The van der Waals surface area contributed by atoms with Crippen molar-refractivity contribution in [1.82, 2.24) is 10.6 Å². The van der Waals surface area contributed by atoms with Gasteiger partial charge in [-0.3, -0.25) is 9.59 Å². The average molecular weight is 240 g/mol. The van der Waals surface area contributed by atoms with Crippen LogP contribution >= 0.6 is 0 Å². The molecule has 0 aromatic rings. The van der Waals surface area contributed by atoms with E-state index in [4.69, 9.17) is 0 Å². The molecule has 0 unspecified atom stereocenters. The van der Waals surface area contributed by atoms with E-state index in [1.807, 2.05) is 0 Å². The zero-order valence-electron chi connectivity index (χ0n) is 10.9. The molecule has 0 aromatic carbocycles. The van der Waals surface area contributed by atoms with Gasteiger partial charge in [-0.1, -0.05) is 33.1 Å². The summed E-state index contributed by atoms with van der Waals surface area (Å²) in [5.74, 6) is -0.461. The van der Waals surface area contributed by atoms with Crippen LogP contribution in [0.1, 0.15) is 52.4 Å². The highest BCUT2D eigenvalue weighted by molar-refractivity contribution is 6.35. The van der Waals surface area contributed by atoms with Gasteiger partial charge in [0.05, 0.1) is 0 Å². The summed E-state index contributed by atoms with van der Waals surface area (Å²) >= 11 is 0. The zero-order chi connectivity index (χ0) is 12.7. The van der Waals surface area contributed by atoms with Crippen molar-refractivity contribution in [2.75, 3.05) is 6.54 Å². The van der Waals surface area contributed by atoms with Crippen LogP contribution in [-0.4, -0.2) is 24.4 Å². The summed E-state index contributed by atoms with van der Waals surface area (Å²) in [6, 6.07) is 0.246. The molecule has 1 atom stereocenters. The number of nitrogens with one attached hydrogen (secondary N) is 2. The highest BCUT2D eigenvalue weighted by Gasteiger charge is 2.26. The van der Waals surface area contributed by atoms with Crippen molar-refractivity contribution in [2.24, 2.45) is 5.92 Å². The van der Waals surface area contributed by atoms with Crippen LogP contribution in [0.2, 0.25) is 0 Å². The Bertz CT molecular complexity index is 262. The number of unbranched alkanes of at least 4 members (excludes halogenated alkanes) is 1. The molecule has 1 aliphatic carbocycles. The van der Waals surface area contributed by atoms with Crippen molar-refractivity contribution >= 4 is 11.8 Å². The van der Waals surface area contributed by atoms with E-state index >= 15 is 0 Å². The van der Waals surface area contributed by atoms with Crippen molar-refractivity contribution < 1.29 is 9.59 Å². The largest absolute Gasteiger partial charge is 0.348 e. The summed E-state index contributed by atoms with van der Waals surface area (Å²) in [7, 11) is 0. The van der Waals surface area contributed by atoms with Gasteiger partial charge in [-0.15, -0.1) is 0 Å². The lowest BCUT2D eigenvalue weighted by Crippen LogP contribution is -2.42. The average Bonchev–Trinajstić information content (AvgIpc) is 3.12. The van der Waals surface area contributed by atoms with Crippen LogP contribution in [0.3, 0.4) is 0 Å². The minimum absolute atomic E-state index is 0.246. The Labute approximate surface area is 104 Å². The van der Waals surface area contributed by atoms with E-state index in [9.17, 15) is 9.59 Å². The van der Waals surface area contributed by atoms with Crippen molar-refractivity contribution in [1.29, 1.82) is 0 Å². The highest BCUT2D eigenvalue weighted by Crippen LogP contribution is 2.18. The lowest BCUT2D eigenvalue weighted by Gasteiger charge is -2.14. The summed E-state index contributed by atoms with van der Waals surface area (Å²) in [4.78, 5) is 22.9. The van der Waals surface area contributed by atoms with Gasteiger partial charge in [0, 0.05) is 12.6 Å². The molecular formula is C13H24N2O2. The quantitative estimate of drug-likeness (QED) is 0.664. The molecule has 1 aliphatic rings. The standard InChI is InChI=1S/C13H24N2O2/c1-3-5-6-10(4-2)9-14-12(16)13(17)15-11-7-8-11/h10-11H,3-9H2,1-2H3,(H,14,16)(H,15,17)/t10-/m1/s1. The summed E-state index contributed by atoms with van der Waals surface area (Å²) in [6.07, 6.45) is 6.54. The second-order valence-electron chi connectivity index (χ2n) is 4.87. The predicted octanol–water partition coefficient (Wildman–Crippen LogP) is 1.60. The van der Waals surface area contributed by atoms with Crippen molar-refractivity contribution in [2.45, 2.75) is 58.4 Å². The Balaban J connectivity index is 2.17. The third-order valence-corrected chi connectivity index (χ3v) is 3.21. The fraction of sp³-hybridized carbons (Fsp3) is 0.846. The maximum absolute atomic E-state index is 11.5. The molecule has 98 valence electrons. The van der Waals surface area contributed by atoms with E-state index in [-0.39, 0.29) is 6.04 Å². The normalized spacial score (nSPS) is 16.4. The Morgan fingerprint density at radius 2 is 1.94 bits per heavy atom. The maximum atomic E-state index is 11.5. The molecule has 1 rings (SSSR count). The van der Waals surface area contributed by atoms with Gasteiger partial charge in [0.15, 0.2) is 0 Å². The van der Waals surface area contributed by atoms with Gasteiger partial charge in [0.1, 0.15) is 0 Å². The molecule has 1 saturated carbocycles. The third-order valence-electron chi connectivity index (χ3n) is 3.21. The third kappa shape index (κ3) is 5.71. The van der Waals surface area contributed by atoms with Crippen molar-refractivity contribution in [3.05, 3.63) is 0 Å². The van der Waals surface area contributed by atoms with E-state index in [0.29, 0.717) is 12.5 Å². The molecule has 2 amide bonds. The number of carbonyl (C=O) groups excluding carboxylic acids is 2. The molecule has 0 bridgehead atoms. The van der Waals surface area contributed by atoms with Crippen LogP contribution in [0.5, 0.6) is 0 Å². The number of hydrogen-bond acceptors (Lipinski definition) is 2. The topological polar surface area (TPSA) is 58.2 Å². The van der Waals surface area contributed by atoms with E-state index < -0.39 is 11.8 Å². The van der Waals surface area contributed by atoms with Crippen molar-refractivity contribution in [3.8, 4) is 0 Å². The predicted molar refractivity (Wildman–Crippen MR) is 67.5 cm³/mol. The van der Waals surface area contributed by atoms with Crippen LogP contribution in [0.15, 0.2) is 0 Å². The molecule has 1 fully saturated rings. The second-order valence-corrected chi connectivity index (χ2v) is 4.87. The first kappa shape index (κ1) is 14.0. The number of rotatable bonds is 7. The molecule has 4 heteroatoms. The van der Waals surface area contributed by atoms with Crippen LogP contribution in [-0.2, 0) is 9.59 Å². The first-order chi connectivity index (χ1) is 8.17. The zero-order valence-corrected chi connectivity index (χ0v) is 10.9. The number of carbonyl (C=O) groups is 2. The molecular weight excluding hydrogens is 216 g/mol. The van der Waals surface area contributed by atoms with Gasteiger partial charge in [0.2, 0.25) is 0 Å². The molecule has 0 saturated heterocycles. The maximum Gasteiger partial charge on any atom is 0.309 e. The monoisotopic (exact) mass is 240 g/mol. The number of amides is 2. The first-order valence-electron chi connectivity index (χ1n) is 6.76. The van der Waals surface area contributed by atoms with Crippen LogP contribution in [0, 0.1) is 5.92 Å². The lowest BCUT2D eigenvalue weighted by atomic mass is 9.99. The Morgan fingerprint density at radius 3 is 2.47 bits per heavy atom. The van der Waals surface area contributed by atoms with E-state index in [1.54, 1.807) is 0 Å². The van der Waals surface area contributed by atoms with Gasteiger partial charge in [-0.05, 0) is 25.2 Å². The molecule has 0 aliphatic heterocycles. The summed E-state index contributed by atoms with van der Waals surface area (Å²) in [6.45, 7) is 4.90. The molecule has 4 nitrogen and oxygen atoms in total. The summed E-state index contributed by atoms with van der Waals surface area (Å²) in [5.41, 5.74) is 0. The Kier molecular flexibility index (Phi) is 6.01. The minimum Gasteiger partial charge on any atom is -0.348 e. The van der Waals surface area contributed by atoms with Gasteiger partial charge in [-0.25, -0.2) is 0 Å². The molecule has 0 spiro atoms. The second kappa shape index (κ2) is 7.30. The Hall–Kier alpha value is -1.06. The fourth-order valence-corrected chi connectivity index (χ4v) is 1.74. The van der Waals surface area contributed by atoms with E-state index in [0.717, 1.165) is 25.7 Å². The van der Waals surface area contributed by atoms with Crippen LogP contribution < -0.4 is 10.6 Å². The lowest BCUT2D eigenvalue weighted by molar-refractivity contribution is -0.139. The molecule has 0 radical (unpaired) electrons. The molecule has 2 N–H and O–H groups in total. The van der Waals surface area contributed by atoms with E-state index in [1.165, 1.54) is 12.8 Å². The van der Waals surface area contributed by atoms with Crippen molar-refractivity contribution in [3.63, 3.8) is 0 Å². The van der Waals surface area contributed by atoms with Gasteiger partial charge in [-0.2, -0.15) is 0 Å². The molecule has 0 aromatic heterocycles. The SMILES string of the molecule is CCCC[C@@H](CC)CNC(=O)C(=O)NC1CC1. The summed E-state index contributed by atoms with van der Waals surface area (Å²) in [5, 5.41) is 5.41. The minimum atomic E-state index is -0.480. The van der Waals surface area contributed by atoms with Gasteiger partial charge in [0.25, 0.3) is 0 Å². The smallest absolute Gasteiger partial charge is 0.309 e. The van der Waals surface area contributed by atoms with Crippen LogP contribution in [0.4, 0.5) is 0 Å². The van der Waals surface area contributed by atoms with Gasteiger partial charge >= 0.3 is 11.8 Å². The Morgan fingerprint density at radius 1 is 1.24 bits per heavy atom. The summed E-state index contributed by atoms with van der Waals surface area (Å²) < 4.78 is 0. The highest BCUT2D eigenvalue weighted by atomic mass is 16.2. The van der Waals surface area contributed by atoms with E-state index in [2.05, 4.69) is 24.5 Å². The van der Waals surface area contributed by atoms with Crippen LogP contribution in [0.25, 0.3) is 0 Å². The van der Waals surface area contributed by atoms with Gasteiger partial charge < -0.3 is 10.6 Å². The molecule has 17 heavy (non-hydrogen) atoms. The fourth-order valence-electron chi connectivity index (χ4n) is 1.74. The number of hydrogen-bond donors (Lipinski definition) is 2. The molecule has 0 heterocycles. The first-order valence-corrected chi connectivity index (χ1v) is 6.76.